The normalized spacial score (nSPS) is 24.6. The Labute approximate surface area is 202 Å². The summed E-state index contributed by atoms with van der Waals surface area (Å²) < 4.78 is 10.6. The Kier molecular flexibility index (Phi) is 9.04. The van der Waals surface area contributed by atoms with Crippen molar-refractivity contribution in [1.29, 1.82) is 0 Å². The van der Waals surface area contributed by atoms with Crippen LogP contribution in [0.5, 0.6) is 5.75 Å². The minimum atomic E-state index is -1.28. The first-order valence-corrected chi connectivity index (χ1v) is 12.1. The lowest BCUT2D eigenvalue weighted by atomic mass is 9.75. The monoisotopic (exact) mass is 474 g/mol. The number of para-hydroxylation sites is 1. The molecule has 3 atom stereocenters. The zero-order chi connectivity index (χ0) is 24.7. The molecule has 1 aromatic rings. The highest BCUT2D eigenvalue weighted by Gasteiger charge is 2.55. The first-order chi connectivity index (χ1) is 16.4. The van der Waals surface area contributed by atoms with Gasteiger partial charge in [0.25, 0.3) is 0 Å². The Morgan fingerprint density at radius 1 is 1.21 bits per heavy atom. The molecule has 2 heterocycles. The number of likely N-dealkylation sites (tertiary alicyclic amines) is 1. The molecule has 3 rings (SSSR count). The number of nitrogens with one attached hydrogen (secondary N) is 2. The highest BCUT2D eigenvalue weighted by atomic mass is 16.5. The van der Waals surface area contributed by atoms with Crippen molar-refractivity contribution in [3.63, 3.8) is 0 Å². The van der Waals surface area contributed by atoms with Crippen LogP contribution in [0.1, 0.15) is 51.0 Å². The van der Waals surface area contributed by atoms with E-state index in [-0.39, 0.29) is 43.1 Å². The molecule has 0 bridgehead atoms. The van der Waals surface area contributed by atoms with E-state index >= 15 is 0 Å². The molecule has 188 valence electrons. The molecule has 1 aromatic carbocycles. The number of imide groups is 1. The lowest BCUT2D eigenvalue weighted by Gasteiger charge is -2.31. The predicted octanol–water partition coefficient (Wildman–Crippen LogP) is 1.61. The maximum atomic E-state index is 13.7. The van der Waals surface area contributed by atoms with Crippen LogP contribution in [0.4, 0.5) is 0 Å². The van der Waals surface area contributed by atoms with Crippen LogP contribution < -0.4 is 15.6 Å². The van der Waals surface area contributed by atoms with E-state index in [1.807, 2.05) is 6.07 Å². The Morgan fingerprint density at radius 2 is 1.94 bits per heavy atom. The Hall–Kier alpha value is -2.49. The van der Waals surface area contributed by atoms with Crippen molar-refractivity contribution in [3.8, 4) is 5.75 Å². The van der Waals surface area contributed by atoms with Gasteiger partial charge in [-0.1, -0.05) is 31.5 Å². The first-order valence-electron chi connectivity index (χ1n) is 12.1. The van der Waals surface area contributed by atoms with Gasteiger partial charge < -0.3 is 14.4 Å². The molecular formula is C25H38N4O5. The van der Waals surface area contributed by atoms with E-state index in [1.165, 1.54) is 12.0 Å². The summed E-state index contributed by atoms with van der Waals surface area (Å²) in [6.07, 6.45) is 3.51. The molecular weight excluding hydrogens is 436 g/mol. The van der Waals surface area contributed by atoms with Crippen molar-refractivity contribution in [1.82, 2.24) is 20.7 Å². The van der Waals surface area contributed by atoms with E-state index in [1.54, 1.807) is 37.3 Å². The van der Waals surface area contributed by atoms with Crippen LogP contribution in [0, 0.1) is 0 Å². The average molecular weight is 475 g/mol. The van der Waals surface area contributed by atoms with Crippen LogP contribution in [0.3, 0.4) is 0 Å². The molecule has 9 nitrogen and oxygen atoms in total. The molecule has 0 spiro atoms. The van der Waals surface area contributed by atoms with Gasteiger partial charge in [0, 0.05) is 64.3 Å². The Bertz CT molecular complexity index is 879. The first kappa shape index (κ1) is 26.1. The second-order valence-corrected chi connectivity index (χ2v) is 9.31. The molecule has 2 aliphatic rings. The predicted molar refractivity (Wildman–Crippen MR) is 128 cm³/mol. The summed E-state index contributed by atoms with van der Waals surface area (Å²) in [6.45, 7) is 3.39. The summed E-state index contributed by atoms with van der Waals surface area (Å²) in [7, 11) is 4.87. The number of hydrogen-bond donors (Lipinski definition) is 2. The molecule has 3 amide bonds. The number of amides is 3. The Morgan fingerprint density at radius 3 is 2.65 bits per heavy atom. The van der Waals surface area contributed by atoms with E-state index in [2.05, 4.69) is 17.8 Å². The number of hydrazine groups is 1. The number of carbonyl (C=O) groups excluding carboxylic acids is 3. The summed E-state index contributed by atoms with van der Waals surface area (Å²) in [5, 5.41) is 0. The number of methoxy groups -OCH3 is 2. The van der Waals surface area contributed by atoms with Crippen LogP contribution in [0.2, 0.25) is 0 Å². The minimum Gasteiger partial charge on any atom is -0.496 e. The molecule has 0 aliphatic carbocycles. The number of rotatable bonds is 12. The summed E-state index contributed by atoms with van der Waals surface area (Å²) in [4.78, 5) is 43.1. The average Bonchev–Trinajstić information content (AvgIpc) is 3.36. The minimum absolute atomic E-state index is 0.0550. The van der Waals surface area contributed by atoms with Gasteiger partial charge in [-0.05, 0) is 25.3 Å². The smallest absolute Gasteiger partial charge is 0.241 e. The second-order valence-electron chi connectivity index (χ2n) is 9.31. The molecule has 9 heteroatoms. The third-order valence-corrected chi connectivity index (χ3v) is 6.83. The van der Waals surface area contributed by atoms with Gasteiger partial charge in [-0.15, -0.1) is 0 Å². The summed E-state index contributed by atoms with van der Waals surface area (Å²) >= 11 is 0. The van der Waals surface area contributed by atoms with Gasteiger partial charge in [-0.2, -0.15) is 0 Å². The van der Waals surface area contributed by atoms with Crippen LogP contribution in [0.15, 0.2) is 24.3 Å². The number of carbonyl (C=O) groups is 3. The molecule has 0 radical (unpaired) electrons. The standard InChI is InChI=1S/C25H38N4O5/c1-5-9-18-14-19(27-26-18)17-28(2)22(30)15-25(20-10-6-7-11-21(20)34-4)16-23(31)29(24(25)32)12-8-13-33-3/h6-7,10-11,18-19,26-27H,5,8-9,12-17H2,1-4H3. The van der Waals surface area contributed by atoms with Crippen molar-refractivity contribution in [2.75, 3.05) is 41.0 Å². The maximum absolute atomic E-state index is 13.7. The van der Waals surface area contributed by atoms with Gasteiger partial charge in [0.05, 0.1) is 12.5 Å². The van der Waals surface area contributed by atoms with Crippen LogP contribution in [-0.4, -0.2) is 80.6 Å². The number of ether oxygens (including phenoxy) is 2. The third-order valence-electron chi connectivity index (χ3n) is 6.83. The van der Waals surface area contributed by atoms with Crippen molar-refractivity contribution >= 4 is 17.7 Å². The van der Waals surface area contributed by atoms with E-state index in [0.29, 0.717) is 36.9 Å². The Balaban J connectivity index is 1.82. The van der Waals surface area contributed by atoms with Crippen LogP contribution in [0.25, 0.3) is 0 Å². The zero-order valence-electron chi connectivity index (χ0n) is 20.8. The molecule has 2 aliphatic heterocycles. The highest BCUT2D eigenvalue weighted by molar-refractivity contribution is 6.11. The summed E-state index contributed by atoms with van der Waals surface area (Å²) in [6, 6.07) is 7.70. The van der Waals surface area contributed by atoms with E-state index < -0.39 is 5.41 Å². The fourth-order valence-electron chi connectivity index (χ4n) is 5.06. The number of likely N-dealkylation sites (N-methyl/N-ethyl adjacent to an activating group) is 1. The summed E-state index contributed by atoms with van der Waals surface area (Å²) in [5.74, 6) is -0.288. The second kappa shape index (κ2) is 11.8. The molecule has 0 saturated carbocycles. The quantitative estimate of drug-likeness (QED) is 0.351. The molecule has 2 saturated heterocycles. The van der Waals surface area contributed by atoms with Crippen molar-refractivity contribution < 1.29 is 23.9 Å². The maximum Gasteiger partial charge on any atom is 0.241 e. The van der Waals surface area contributed by atoms with E-state index in [4.69, 9.17) is 9.47 Å². The topological polar surface area (TPSA) is 100 Å². The number of hydrogen-bond acceptors (Lipinski definition) is 7. The molecule has 3 unspecified atom stereocenters. The van der Waals surface area contributed by atoms with E-state index in [0.717, 1.165) is 19.3 Å². The molecule has 2 N–H and O–H groups in total. The number of benzene rings is 1. The van der Waals surface area contributed by atoms with Crippen molar-refractivity contribution in [2.24, 2.45) is 0 Å². The van der Waals surface area contributed by atoms with E-state index in [9.17, 15) is 14.4 Å². The van der Waals surface area contributed by atoms with Gasteiger partial charge in [-0.3, -0.25) is 30.1 Å². The largest absolute Gasteiger partial charge is 0.496 e. The lowest BCUT2D eigenvalue weighted by molar-refractivity contribution is -0.142. The van der Waals surface area contributed by atoms with Gasteiger partial charge in [0.15, 0.2) is 0 Å². The SMILES string of the molecule is CCCC1CC(CN(C)C(=O)CC2(c3ccccc3OC)CC(=O)N(CCCOC)C2=O)NN1. The lowest BCUT2D eigenvalue weighted by Crippen LogP contribution is -2.46. The van der Waals surface area contributed by atoms with Gasteiger partial charge in [0.2, 0.25) is 17.7 Å². The van der Waals surface area contributed by atoms with Crippen molar-refractivity contribution in [2.45, 2.75) is 62.9 Å². The third kappa shape index (κ3) is 5.59. The molecule has 34 heavy (non-hydrogen) atoms. The summed E-state index contributed by atoms with van der Waals surface area (Å²) in [5.41, 5.74) is 5.87. The van der Waals surface area contributed by atoms with Gasteiger partial charge in [0.1, 0.15) is 5.75 Å². The fraction of sp³-hybridized carbons (Fsp3) is 0.640. The zero-order valence-corrected chi connectivity index (χ0v) is 20.8. The van der Waals surface area contributed by atoms with Crippen LogP contribution in [-0.2, 0) is 24.5 Å². The van der Waals surface area contributed by atoms with Crippen LogP contribution >= 0.6 is 0 Å². The van der Waals surface area contributed by atoms with Crippen molar-refractivity contribution in [3.05, 3.63) is 29.8 Å². The molecule has 0 aromatic heterocycles. The van der Waals surface area contributed by atoms with Gasteiger partial charge >= 0.3 is 0 Å². The molecule has 2 fully saturated rings. The highest BCUT2D eigenvalue weighted by Crippen LogP contribution is 2.44. The van der Waals surface area contributed by atoms with Gasteiger partial charge in [-0.25, -0.2) is 0 Å². The fourth-order valence-corrected chi connectivity index (χ4v) is 5.06. The number of nitrogens with zero attached hydrogens (tertiary/aromatic N) is 2.